The van der Waals surface area contributed by atoms with Crippen LogP contribution in [0.5, 0.6) is 0 Å². The Kier molecular flexibility index (Phi) is 7.50. The van der Waals surface area contributed by atoms with Crippen molar-refractivity contribution in [1.82, 2.24) is 9.80 Å². The second-order valence-corrected chi connectivity index (χ2v) is 5.62. The molecule has 0 aromatic carbocycles. The highest BCUT2D eigenvalue weighted by molar-refractivity contribution is 5.83. The molecular weight excluding hydrogens is 272 g/mol. The molecule has 0 aromatic heterocycles. The summed E-state index contributed by atoms with van der Waals surface area (Å²) in [5.74, 6) is -0.902. The van der Waals surface area contributed by atoms with Gasteiger partial charge in [-0.1, -0.05) is 19.8 Å². The number of ether oxygens (including phenoxy) is 1. The zero-order valence-electron chi connectivity index (χ0n) is 13.4. The number of hydrogen-bond donors (Lipinski definition) is 1. The fourth-order valence-corrected chi connectivity index (χ4v) is 2.67. The zero-order valence-corrected chi connectivity index (χ0v) is 13.4. The third-order valence-corrected chi connectivity index (χ3v) is 4.19. The highest BCUT2D eigenvalue weighted by Crippen LogP contribution is 2.20. The third-order valence-electron chi connectivity index (χ3n) is 4.19. The van der Waals surface area contributed by atoms with Crippen LogP contribution in [-0.4, -0.2) is 65.8 Å². The van der Waals surface area contributed by atoms with Crippen molar-refractivity contribution < 1.29 is 19.4 Å². The fraction of sp³-hybridized carbons (Fsp3) is 0.867. The smallest absolute Gasteiger partial charge is 0.326 e. The summed E-state index contributed by atoms with van der Waals surface area (Å²) in [7, 11) is 1.60. The summed E-state index contributed by atoms with van der Waals surface area (Å²) in [6.45, 7) is 5.49. The molecule has 2 amide bonds. The van der Waals surface area contributed by atoms with E-state index in [2.05, 4.69) is 0 Å². The first-order valence-corrected chi connectivity index (χ1v) is 7.81. The van der Waals surface area contributed by atoms with Crippen molar-refractivity contribution in [3.05, 3.63) is 0 Å². The molecule has 1 aliphatic rings. The predicted octanol–water partition coefficient (Wildman–Crippen LogP) is 2.18. The van der Waals surface area contributed by atoms with Gasteiger partial charge in [-0.2, -0.15) is 0 Å². The van der Waals surface area contributed by atoms with E-state index in [1.807, 2.05) is 13.8 Å². The molecule has 1 rings (SSSR count). The fourth-order valence-electron chi connectivity index (χ4n) is 2.67. The summed E-state index contributed by atoms with van der Waals surface area (Å²) >= 11 is 0. The van der Waals surface area contributed by atoms with Gasteiger partial charge >= 0.3 is 12.0 Å². The van der Waals surface area contributed by atoms with Gasteiger partial charge in [0, 0.05) is 26.2 Å². The van der Waals surface area contributed by atoms with Crippen LogP contribution in [0.1, 0.15) is 46.0 Å². The van der Waals surface area contributed by atoms with Gasteiger partial charge in [0.1, 0.15) is 6.04 Å². The lowest BCUT2D eigenvalue weighted by molar-refractivity contribution is -0.142. The first-order valence-electron chi connectivity index (χ1n) is 7.81. The van der Waals surface area contributed by atoms with Crippen molar-refractivity contribution in [2.45, 2.75) is 58.0 Å². The zero-order chi connectivity index (χ0) is 15.8. The minimum atomic E-state index is -0.902. The van der Waals surface area contributed by atoms with Gasteiger partial charge in [0.25, 0.3) is 0 Å². The number of carboxylic acids is 1. The van der Waals surface area contributed by atoms with Crippen molar-refractivity contribution in [3.8, 4) is 0 Å². The number of urea groups is 1. The quantitative estimate of drug-likeness (QED) is 0.816. The lowest BCUT2D eigenvalue weighted by atomic mass is 10.1. The van der Waals surface area contributed by atoms with Crippen LogP contribution < -0.4 is 0 Å². The highest BCUT2D eigenvalue weighted by Gasteiger charge is 2.34. The largest absolute Gasteiger partial charge is 0.480 e. The molecule has 1 saturated heterocycles. The number of aliphatic carboxylic acids is 1. The van der Waals surface area contributed by atoms with Crippen LogP contribution in [0.15, 0.2) is 0 Å². The predicted molar refractivity (Wildman–Crippen MR) is 80.3 cm³/mol. The first kappa shape index (κ1) is 17.8. The van der Waals surface area contributed by atoms with Crippen LogP contribution in [0.2, 0.25) is 0 Å². The van der Waals surface area contributed by atoms with Crippen LogP contribution in [0.3, 0.4) is 0 Å². The number of likely N-dealkylation sites (tertiary alicyclic amines) is 1. The van der Waals surface area contributed by atoms with E-state index < -0.39 is 12.0 Å². The molecular formula is C15H28N2O4. The molecule has 0 radical (unpaired) electrons. The second kappa shape index (κ2) is 8.87. The van der Waals surface area contributed by atoms with E-state index in [0.29, 0.717) is 26.1 Å². The molecule has 0 spiro atoms. The number of amides is 2. The van der Waals surface area contributed by atoms with Crippen LogP contribution in [0.25, 0.3) is 0 Å². The standard InChI is InChI=1S/C15H28N2O4/c1-4-12(2)16(10-11-21-3)15(20)17-9-7-5-6-8-13(17)14(18)19/h12-13H,4-11H2,1-3H3,(H,18,19). The minimum absolute atomic E-state index is 0.0744. The average molecular weight is 300 g/mol. The minimum Gasteiger partial charge on any atom is -0.480 e. The number of methoxy groups -OCH3 is 1. The Morgan fingerprint density at radius 1 is 1.38 bits per heavy atom. The summed E-state index contributed by atoms with van der Waals surface area (Å²) in [6, 6.07) is -0.796. The van der Waals surface area contributed by atoms with E-state index in [9.17, 15) is 14.7 Å². The normalized spacial score (nSPS) is 20.7. The topological polar surface area (TPSA) is 70.1 Å². The van der Waals surface area contributed by atoms with E-state index in [1.54, 1.807) is 12.0 Å². The summed E-state index contributed by atoms with van der Waals surface area (Å²) in [6.07, 6.45) is 4.09. The highest BCUT2D eigenvalue weighted by atomic mass is 16.5. The Balaban J connectivity index is 2.88. The lowest BCUT2D eigenvalue weighted by Crippen LogP contribution is -2.53. The number of carboxylic acid groups (broad SMARTS) is 1. The SMILES string of the molecule is CCC(C)N(CCOC)C(=O)N1CCCCCC1C(=O)O. The molecule has 0 saturated carbocycles. The number of hydrogen-bond acceptors (Lipinski definition) is 3. The molecule has 6 heteroatoms. The van der Waals surface area contributed by atoms with Gasteiger partial charge in [-0.3, -0.25) is 0 Å². The first-order chi connectivity index (χ1) is 10.0. The molecule has 0 aromatic rings. The van der Waals surface area contributed by atoms with E-state index in [-0.39, 0.29) is 12.1 Å². The van der Waals surface area contributed by atoms with Gasteiger partial charge in [0.2, 0.25) is 0 Å². The maximum atomic E-state index is 12.8. The Bertz CT molecular complexity index is 349. The molecule has 1 N–H and O–H groups in total. The van der Waals surface area contributed by atoms with Gasteiger partial charge in [0.05, 0.1) is 6.61 Å². The Hall–Kier alpha value is -1.30. The summed E-state index contributed by atoms with van der Waals surface area (Å²) < 4.78 is 5.07. The van der Waals surface area contributed by atoms with Gasteiger partial charge in [0.15, 0.2) is 0 Å². The molecule has 6 nitrogen and oxygen atoms in total. The maximum Gasteiger partial charge on any atom is 0.326 e. The molecule has 122 valence electrons. The van der Waals surface area contributed by atoms with Gasteiger partial charge in [-0.05, 0) is 26.2 Å². The van der Waals surface area contributed by atoms with Gasteiger partial charge < -0.3 is 19.6 Å². The lowest BCUT2D eigenvalue weighted by Gasteiger charge is -2.36. The number of rotatable bonds is 6. The number of nitrogens with zero attached hydrogens (tertiary/aromatic N) is 2. The average Bonchev–Trinajstić information content (AvgIpc) is 2.72. The Labute approximate surface area is 127 Å². The number of carbonyl (C=O) groups excluding carboxylic acids is 1. The monoisotopic (exact) mass is 300 g/mol. The molecule has 0 bridgehead atoms. The van der Waals surface area contributed by atoms with E-state index in [0.717, 1.165) is 25.7 Å². The Morgan fingerprint density at radius 3 is 2.67 bits per heavy atom. The third kappa shape index (κ3) is 4.88. The van der Waals surface area contributed by atoms with Crippen molar-refractivity contribution in [3.63, 3.8) is 0 Å². The van der Waals surface area contributed by atoms with Crippen LogP contribution in [0, 0.1) is 0 Å². The van der Waals surface area contributed by atoms with Crippen LogP contribution in [0.4, 0.5) is 4.79 Å². The molecule has 2 unspecified atom stereocenters. The summed E-state index contributed by atoms with van der Waals surface area (Å²) in [4.78, 5) is 27.5. The Morgan fingerprint density at radius 2 is 2.10 bits per heavy atom. The van der Waals surface area contributed by atoms with Crippen LogP contribution >= 0.6 is 0 Å². The van der Waals surface area contributed by atoms with E-state index in [1.165, 1.54) is 4.90 Å². The molecule has 21 heavy (non-hydrogen) atoms. The molecule has 1 aliphatic heterocycles. The molecule has 2 atom stereocenters. The number of carbonyl (C=O) groups is 2. The summed E-state index contributed by atoms with van der Waals surface area (Å²) in [5.41, 5.74) is 0. The van der Waals surface area contributed by atoms with Crippen molar-refractivity contribution in [2.75, 3.05) is 26.8 Å². The van der Waals surface area contributed by atoms with Crippen molar-refractivity contribution in [2.24, 2.45) is 0 Å². The molecule has 1 fully saturated rings. The second-order valence-electron chi connectivity index (χ2n) is 5.62. The molecule has 0 aliphatic carbocycles. The van der Waals surface area contributed by atoms with Gasteiger partial charge in [-0.25, -0.2) is 9.59 Å². The van der Waals surface area contributed by atoms with Crippen LogP contribution in [-0.2, 0) is 9.53 Å². The van der Waals surface area contributed by atoms with Crippen molar-refractivity contribution >= 4 is 12.0 Å². The van der Waals surface area contributed by atoms with E-state index >= 15 is 0 Å². The van der Waals surface area contributed by atoms with E-state index in [4.69, 9.17) is 4.74 Å². The van der Waals surface area contributed by atoms with Gasteiger partial charge in [-0.15, -0.1) is 0 Å². The van der Waals surface area contributed by atoms with Crippen molar-refractivity contribution in [1.29, 1.82) is 0 Å². The maximum absolute atomic E-state index is 12.8. The summed E-state index contributed by atoms with van der Waals surface area (Å²) in [5, 5.41) is 9.40. The molecule has 1 heterocycles.